The molecule has 1 aromatic rings. The third-order valence-corrected chi connectivity index (χ3v) is 4.53. The van der Waals surface area contributed by atoms with E-state index >= 15 is 0 Å². The Morgan fingerprint density at radius 1 is 1.26 bits per heavy atom. The lowest BCUT2D eigenvalue weighted by Gasteiger charge is -2.26. The highest BCUT2D eigenvalue weighted by atomic mass is 127. The molecule has 1 atom stereocenters. The number of nitrogens with one attached hydrogen (secondary N) is 1. The van der Waals surface area contributed by atoms with Gasteiger partial charge in [0.2, 0.25) is 0 Å². The largest absolute Gasteiger partial charge is 0.371 e. The van der Waals surface area contributed by atoms with Crippen LogP contribution in [0, 0.1) is 3.57 Å². The number of halogens is 1. The summed E-state index contributed by atoms with van der Waals surface area (Å²) in [6.07, 6.45) is 2.82. The molecule has 0 aliphatic carbocycles. The van der Waals surface area contributed by atoms with Crippen LogP contribution >= 0.6 is 22.6 Å². The summed E-state index contributed by atoms with van der Waals surface area (Å²) in [4.78, 5) is 9.37. The molecule has 1 N–H and O–H groups in total. The molecule has 0 aromatic carbocycles. The molecular formula is C14H24IN3O. The standard InChI is InChI=1S/C14H24IN3O/c1-6-9-16-12-11(15)10(7-2)17-13(18-12)14(4,8-3)19-5/h6-9H2,1-5H3,(H,16,17,18). The molecule has 0 aliphatic heterocycles. The van der Waals surface area contributed by atoms with Gasteiger partial charge in [-0.2, -0.15) is 0 Å². The molecule has 0 saturated heterocycles. The lowest BCUT2D eigenvalue weighted by atomic mass is 10.0. The summed E-state index contributed by atoms with van der Waals surface area (Å²) in [5.74, 6) is 1.70. The second-order valence-corrected chi connectivity index (χ2v) is 5.80. The maximum Gasteiger partial charge on any atom is 0.162 e. The fraction of sp³-hybridized carbons (Fsp3) is 0.714. The van der Waals surface area contributed by atoms with E-state index in [4.69, 9.17) is 4.74 Å². The van der Waals surface area contributed by atoms with Crippen molar-refractivity contribution in [2.75, 3.05) is 19.0 Å². The van der Waals surface area contributed by atoms with E-state index in [1.807, 2.05) is 6.92 Å². The molecular weight excluding hydrogens is 353 g/mol. The number of methoxy groups -OCH3 is 1. The van der Waals surface area contributed by atoms with Gasteiger partial charge in [-0.3, -0.25) is 0 Å². The first-order valence-corrected chi connectivity index (χ1v) is 7.96. The van der Waals surface area contributed by atoms with Gasteiger partial charge in [0.15, 0.2) is 5.82 Å². The minimum absolute atomic E-state index is 0.420. The first-order valence-electron chi connectivity index (χ1n) is 6.88. The zero-order valence-electron chi connectivity index (χ0n) is 12.5. The minimum atomic E-state index is -0.420. The summed E-state index contributed by atoms with van der Waals surface area (Å²) in [5, 5.41) is 3.38. The fourth-order valence-corrected chi connectivity index (χ4v) is 2.53. The zero-order valence-corrected chi connectivity index (χ0v) is 14.7. The Morgan fingerprint density at radius 3 is 2.42 bits per heavy atom. The summed E-state index contributed by atoms with van der Waals surface area (Å²) >= 11 is 2.32. The quantitative estimate of drug-likeness (QED) is 0.736. The third-order valence-electron chi connectivity index (χ3n) is 3.40. The van der Waals surface area contributed by atoms with Crippen molar-refractivity contribution < 1.29 is 4.74 Å². The predicted octanol–water partition coefficient (Wildman–Crippen LogP) is 3.74. The van der Waals surface area contributed by atoms with Gasteiger partial charge in [0.05, 0.1) is 9.26 Å². The number of anilines is 1. The molecule has 1 unspecified atom stereocenters. The molecule has 0 spiro atoms. The molecule has 0 amide bonds. The van der Waals surface area contributed by atoms with E-state index in [9.17, 15) is 0 Å². The molecule has 0 bridgehead atoms. The van der Waals surface area contributed by atoms with Gasteiger partial charge in [0, 0.05) is 13.7 Å². The topological polar surface area (TPSA) is 47.0 Å². The van der Waals surface area contributed by atoms with Crippen LogP contribution in [-0.2, 0) is 16.8 Å². The van der Waals surface area contributed by atoms with Gasteiger partial charge >= 0.3 is 0 Å². The Kier molecular flexibility index (Phi) is 6.46. The van der Waals surface area contributed by atoms with E-state index in [2.05, 4.69) is 58.6 Å². The SMILES string of the molecule is CCCNc1nc(C(C)(CC)OC)nc(CC)c1I. The highest BCUT2D eigenvalue weighted by Crippen LogP contribution is 2.29. The number of aryl methyl sites for hydroxylation is 1. The van der Waals surface area contributed by atoms with Gasteiger partial charge < -0.3 is 10.1 Å². The van der Waals surface area contributed by atoms with Crippen LogP contribution in [0.4, 0.5) is 5.82 Å². The lowest BCUT2D eigenvalue weighted by molar-refractivity contribution is -0.00906. The maximum atomic E-state index is 5.62. The number of ether oxygens (including phenoxy) is 1. The van der Waals surface area contributed by atoms with Crippen LogP contribution in [-0.4, -0.2) is 23.6 Å². The molecule has 0 aliphatic rings. The van der Waals surface area contributed by atoms with Crippen molar-refractivity contribution in [1.29, 1.82) is 0 Å². The lowest BCUT2D eigenvalue weighted by Crippen LogP contribution is -2.28. The van der Waals surface area contributed by atoms with Gasteiger partial charge in [-0.25, -0.2) is 9.97 Å². The van der Waals surface area contributed by atoms with Crippen LogP contribution in [0.15, 0.2) is 0 Å². The van der Waals surface area contributed by atoms with Crippen LogP contribution in [0.2, 0.25) is 0 Å². The number of rotatable bonds is 7. The van der Waals surface area contributed by atoms with Crippen molar-refractivity contribution in [1.82, 2.24) is 9.97 Å². The van der Waals surface area contributed by atoms with Gasteiger partial charge in [0.1, 0.15) is 11.4 Å². The number of hydrogen-bond acceptors (Lipinski definition) is 4. The van der Waals surface area contributed by atoms with Crippen molar-refractivity contribution in [3.05, 3.63) is 15.1 Å². The van der Waals surface area contributed by atoms with E-state index in [1.54, 1.807) is 7.11 Å². The van der Waals surface area contributed by atoms with Crippen LogP contribution in [0.1, 0.15) is 52.1 Å². The average Bonchev–Trinajstić information content (AvgIpc) is 2.45. The van der Waals surface area contributed by atoms with E-state index in [1.165, 1.54) is 0 Å². The van der Waals surface area contributed by atoms with E-state index < -0.39 is 5.60 Å². The van der Waals surface area contributed by atoms with Crippen molar-refractivity contribution in [2.24, 2.45) is 0 Å². The van der Waals surface area contributed by atoms with E-state index in [0.717, 1.165) is 46.7 Å². The van der Waals surface area contributed by atoms with E-state index in [-0.39, 0.29) is 0 Å². The van der Waals surface area contributed by atoms with E-state index in [0.29, 0.717) is 0 Å². The van der Waals surface area contributed by atoms with Crippen molar-refractivity contribution in [3.8, 4) is 0 Å². The van der Waals surface area contributed by atoms with Crippen LogP contribution < -0.4 is 5.32 Å². The monoisotopic (exact) mass is 377 g/mol. The highest BCUT2D eigenvalue weighted by Gasteiger charge is 2.29. The summed E-state index contributed by atoms with van der Waals surface area (Å²) in [6, 6.07) is 0. The second kappa shape index (κ2) is 7.38. The van der Waals surface area contributed by atoms with Gasteiger partial charge in [-0.05, 0) is 48.8 Å². The normalized spacial score (nSPS) is 14.2. The highest BCUT2D eigenvalue weighted by molar-refractivity contribution is 14.1. The molecule has 108 valence electrons. The molecule has 4 nitrogen and oxygen atoms in total. The first kappa shape index (κ1) is 16.6. The molecule has 0 radical (unpaired) electrons. The maximum absolute atomic E-state index is 5.62. The Labute approximate surface area is 129 Å². The summed E-state index contributed by atoms with van der Waals surface area (Å²) < 4.78 is 6.73. The van der Waals surface area contributed by atoms with Crippen LogP contribution in [0.25, 0.3) is 0 Å². The molecule has 1 rings (SSSR count). The molecule has 5 heteroatoms. The van der Waals surface area contributed by atoms with Crippen molar-refractivity contribution in [2.45, 2.75) is 52.6 Å². The number of aromatic nitrogens is 2. The Balaban J connectivity index is 3.26. The molecule has 0 fully saturated rings. The molecule has 1 heterocycles. The van der Waals surface area contributed by atoms with Gasteiger partial charge in [-0.15, -0.1) is 0 Å². The average molecular weight is 377 g/mol. The summed E-state index contributed by atoms with van der Waals surface area (Å²) in [7, 11) is 1.72. The third kappa shape index (κ3) is 3.78. The first-order chi connectivity index (χ1) is 9.02. The smallest absolute Gasteiger partial charge is 0.162 e. The number of hydrogen-bond donors (Lipinski definition) is 1. The Morgan fingerprint density at radius 2 is 1.95 bits per heavy atom. The van der Waals surface area contributed by atoms with Crippen molar-refractivity contribution in [3.63, 3.8) is 0 Å². The van der Waals surface area contributed by atoms with Crippen molar-refractivity contribution >= 4 is 28.4 Å². The Hall–Kier alpha value is -0.430. The molecule has 0 saturated carbocycles. The zero-order chi connectivity index (χ0) is 14.5. The molecule has 1 aromatic heterocycles. The fourth-order valence-electron chi connectivity index (χ4n) is 1.72. The van der Waals surface area contributed by atoms with Gasteiger partial charge in [-0.1, -0.05) is 20.8 Å². The second-order valence-electron chi connectivity index (χ2n) is 4.73. The summed E-state index contributed by atoms with van der Waals surface area (Å²) in [6.45, 7) is 9.32. The minimum Gasteiger partial charge on any atom is -0.371 e. The van der Waals surface area contributed by atoms with Gasteiger partial charge in [0.25, 0.3) is 0 Å². The molecule has 19 heavy (non-hydrogen) atoms. The van der Waals surface area contributed by atoms with Crippen LogP contribution in [0.5, 0.6) is 0 Å². The van der Waals surface area contributed by atoms with Crippen LogP contribution in [0.3, 0.4) is 0 Å². The Bertz CT molecular complexity index is 419. The number of nitrogens with zero attached hydrogens (tertiary/aromatic N) is 2. The predicted molar refractivity (Wildman–Crippen MR) is 87.6 cm³/mol. The summed E-state index contributed by atoms with van der Waals surface area (Å²) in [5.41, 5.74) is 0.664.